The molecule has 0 aromatic heterocycles. The number of hydrogen-bond acceptors (Lipinski definition) is 1. The molecule has 0 rings (SSSR count). The van der Waals surface area contributed by atoms with Crippen LogP contribution in [0.2, 0.25) is 0 Å². The molecule has 0 aromatic rings. The van der Waals surface area contributed by atoms with Crippen LogP contribution in [0, 0.1) is 0 Å². The minimum atomic E-state index is 0.869. The summed E-state index contributed by atoms with van der Waals surface area (Å²) in [6.07, 6.45) is 14.1. The highest BCUT2D eigenvalue weighted by molar-refractivity contribution is 5.38. The lowest BCUT2D eigenvalue weighted by Crippen LogP contribution is -2.03. The van der Waals surface area contributed by atoms with Gasteiger partial charge in [0.1, 0.15) is 14.1 Å². The average Bonchev–Trinajstić information content (AvgIpc) is 2.25. The second-order valence-corrected chi connectivity index (χ2v) is 4.77. The molecule has 2 nitrogen and oxygen atoms in total. The van der Waals surface area contributed by atoms with Crippen LogP contribution >= 0.6 is 0 Å². The molecule has 0 aliphatic heterocycles. The highest BCUT2D eigenvalue weighted by atomic mass is 16.5. The van der Waals surface area contributed by atoms with Crippen LogP contribution in [0.15, 0.2) is 0 Å². The van der Waals surface area contributed by atoms with Gasteiger partial charge in [-0.2, -0.15) is 0 Å². The first-order valence-corrected chi connectivity index (χ1v) is 6.88. The van der Waals surface area contributed by atoms with Gasteiger partial charge in [0.2, 0.25) is 0 Å². The van der Waals surface area contributed by atoms with Crippen molar-refractivity contribution >= 4 is 6.40 Å². The fourth-order valence-corrected chi connectivity index (χ4v) is 1.70. The zero-order chi connectivity index (χ0) is 12.1. The molecular formula is C14H30NO+. The van der Waals surface area contributed by atoms with Gasteiger partial charge in [0.05, 0.1) is 6.61 Å². The Morgan fingerprint density at radius 3 is 1.81 bits per heavy atom. The van der Waals surface area contributed by atoms with Crippen molar-refractivity contribution in [1.29, 1.82) is 0 Å². The molecule has 0 atom stereocenters. The van der Waals surface area contributed by atoms with Crippen molar-refractivity contribution in [2.45, 2.75) is 64.7 Å². The van der Waals surface area contributed by atoms with Crippen LogP contribution in [0.1, 0.15) is 64.7 Å². The third-order valence-corrected chi connectivity index (χ3v) is 2.65. The molecule has 0 heterocycles. The first kappa shape index (κ1) is 15.5. The summed E-state index contributed by atoms with van der Waals surface area (Å²) in [5.41, 5.74) is 0. The molecule has 0 spiro atoms. The Balaban J connectivity index is 2.96. The summed E-state index contributed by atoms with van der Waals surface area (Å²) >= 11 is 0. The molecule has 0 radical (unpaired) electrons. The van der Waals surface area contributed by atoms with Gasteiger partial charge in [0, 0.05) is 0 Å². The molecule has 16 heavy (non-hydrogen) atoms. The summed E-state index contributed by atoms with van der Waals surface area (Å²) in [6.45, 7) is 3.14. The number of hydrogen-bond donors (Lipinski definition) is 0. The molecule has 0 N–H and O–H groups in total. The second-order valence-electron chi connectivity index (χ2n) is 4.77. The van der Waals surface area contributed by atoms with Gasteiger partial charge in [0.25, 0.3) is 0 Å². The van der Waals surface area contributed by atoms with Crippen molar-refractivity contribution in [2.24, 2.45) is 0 Å². The third-order valence-electron chi connectivity index (χ3n) is 2.65. The Morgan fingerprint density at radius 1 is 0.812 bits per heavy atom. The van der Waals surface area contributed by atoms with Gasteiger partial charge in [-0.1, -0.05) is 58.3 Å². The van der Waals surface area contributed by atoms with E-state index in [1.165, 1.54) is 57.8 Å². The van der Waals surface area contributed by atoms with Crippen LogP contribution in [0.5, 0.6) is 0 Å². The summed E-state index contributed by atoms with van der Waals surface area (Å²) in [4.78, 5) is 0. The van der Waals surface area contributed by atoms with Crippen LogP contribution in [-0.2, 0) is 4.74 Å². The van der Waals surface area contributed by atoms with Gasteiger partial charge in [-0.3, -0.25) is 0 Å². The van der Waals surface area contributed by atoms with E-state index in [0.29, 0.717) is 0 Å². The second kappa shape index (κ2) is 12.5. The monoisotopic (exact) mass is 228 g/mol. The molecule has 0 aliphatic carbocycles. The minimum absolute atomic E-state index is 0.869. The average molecular weight is 228 g/mol. The van der Waals surface area contributed by atoms with Crippen molar-refractivity contribution < 1.29 is 9.31 Å². The number of unbranched alkanes of at least 4 members (excludes halogenated alkanes) is 8. The fraction of sp³-hybridized carbons (Fsp3) is 0.929. The first-order valence-electron chi connectivity index (χ1n) is 6.88. The van der Waals surface area contributed by atoms with E-state index >= 15 is 0 Å². The molecule has 0 amide bonds. The van der Waals surface area contributed by atoms with Gasteiger partial charge >= 0.3 is 6.40 Å². The van der Waals surface area contributed by atoms with E-state index < -0.39 is 0 Å². The van der Waals surface area contributed by atoms with E-state index in [1.54, 1.807) is 6.40 Å². The first-order chi connectivity index (χ1) is 7.77. The molecule has 0 aliphatic rings. The highest BCUT2D eigenvalue weighted by Gasteiger charge is 1.92. The van der Waals surface area contributed by atoms with Crippen LogP contribution in [-0.4, -0.2) is 31.7 Å². The standard InChI is InChI=1S/C14H30NO/c1-4-5-6-7-8-9-10-11-12-13-16-14-15(2)3/h14H,4-13H2,1-3H3/q+1. The lowest BCUT2D eigenvalue weighted by molar-refractivity contribution is -0.468. The summed E-state index contributed by atoms with van der Waals surface area (Å²) in [6, 6.07) is 0. The van der Waals surface area contributed by atoms with Gasteiger partial charge in [0.15, 0.2) is 0 Å². The largest absolute Gasteiger partial charge is 0.450 e. The third kappa shape index (κ3) is 13.5. The lowest BCUT2D eigenvalue weighted by Gasteiger charge is -2.01. The van der Waals surface area contributed by atoms with Gasteiger partial charge < -0.3 is 4.74 Å². The van der Waals surface area contributed by atoms with E-state index in [4.69, 9.17) is 4.74 Å². The Morgan fingerprint density at radius 2 is 1.31 bits per heavy atom. The van der Waals surface area contributed by atoms with Gasteiger partial charge in [-0.05, 0) is 6.42 Å². The summed E-state index contributed by atoms with van der Waals surface area (Å²) in [5.74, 6) is 0. The summed E-state index contributed by atoms with van der Waals surface area (Å²) in [5, 5.41) is 0. The Kier molecular flexibility index (Phi) is 12.1. The van der Waals surface area contributed by atoms with E-state index in [0.717, 1.165) is 6.61 Å². The normalized spacial score (nSPS) is 10.2. The topological polar surface area (TPSA) is 12.2 Å². The fourth-order valence-electron chi connectivity index (χ4n) is 1.70. The summed E-state index contributed by atoms with van der Waals surface area (Å²) < 4.78 is 7.29. The maximum atomic E-state index is 5.36. The van der Waals surface area contributed by atoms with Crippen LogP contribution in [0.3, 0.4) is 0 Å². The molecular weight excluding hydrogens is 198 g/mol. The van der Waals surface area contributed by atoms with E-state index in [1.807, 2.05) is 18.7 Å². The van der Waals surface area contributed by atoms with Gasteiger partial charge in [-0.15, -0.1) is 0 Å². The highest BCUT2D eigenvalue weighted by Crippen LogP contribution is 2.09. The zero-order valence-electron chi connectivity index (χ0n) is 11.5. The number of nitrogens with zero attached hydrogens (tertiary/aromatic N) is 1. The Bertz CT molecular complexity index is 162. The maximum Gasteiger partial charge on any atom is 0.323 e. The minimum Gasteiger partial charge on any atom is -0.450 e. The molecule has 0 saturated heterocycles. The zero-order valence-corrected chi connectivity index (χ0v) is 11.5. The predicted octanol–water partition coefficient (Wildman–Crippen LogP) is 3.83. The quantitative estimate of drug-likeness (QED) is 0.226. The van der Waals surface area contributed by atoms with E-state index in [-0.39, 0.29) is 0 Å². The summed E-state index contributed by atoms with van der Waals surface area (Å²) in [7, 11) is 3.96. The Labute approximate surface area is 102 Å². The molecule has 0 fully saturated rings. The molecule has 0 saturated carbocycles. The van der Waals surface area contributed by atoms with E-state index in [2.05, 4.69) is 6.92 Å². The van der Waals surface area contributed by atoms with Crippen molar-refractivity contribution in [3.63, 3.8) is 0 Å². The Hall–Kier alpha value is -0.530. The van der Waals surface area contributed by atoms with Crippen molar-refractivity contribution in [2.75, 3.05) is 20.7 Å². The van der Waals surface area contributed by atoms with Crippen molar-refractivity contribution in [1.82, 2.24) is 0 Å². The molecule has 96 valence electrons. The maximum absolute atomic E-state index is 5.36. The number of ether oxygens (including phenoxy) is 1. The van der Waals surface area contributed by atoms with Crippen LogP contribution in [0.25, 0.3) is 0 Å². The molecule has 0 bridgehead atoms. The van der Waals surface area contributed by atoms with Crippen molar-refractivity contribution in [3.8, 4) is 0 Å². The van der Waals surface area contributed by atoms with Crippen LogP contribution in [0.4, 0.5) is 0 Å². The smallest absolute Gasteiger partial charge is 0.323 e. The van der Waals surface area contributed by atoms with Gasteiger partial charge in [-0.25, -0.2) is 4.58 Å². The van der Waals surface area contributed by atoms with Crippen molar-refractivity contribution in [3.05, 3.63) is 0 Å². The SMILES string of the molecule is CCCCCCCCCCCOC=[N+](C)C. The molecule has 0 unspecified atom stereocenters. The molecule has 2 heteroatoms. The van der Waals surface area contributed by atoms with Crippen LogP contribution < -0.4 is 0 Å². The van der Waals surface area contributed by atoms with E-state index in [9.17, 15) is 0 Å². The lowest BCUT2D eigenvalue weighted by atomic mass is 10.1. The number of rotatable bonds is 11. The molecule has 0 aromatic carbocycles. The predicted molar refractivity (Wildman–Crippen MR) is 71.4 cm³/mol.